The number of hydrogen-bond donors (Lipinski definition) is 1. The van der Waals surface area contributed by atoms with Crippen molar-refractivity contribution in [2.75, 3.05) is 32.1 Å². The third-order valence-electron chi connectivity index (χ3n) is 4.53. The molecule has 156 valence electrons. The summed E-state index contributed by atoms with van der Waals surface area (Å²) in [5, 5.41) is 4.32. The third-order valence-corrected chi connectivity index (χ3v) is 7.77. The topological polar surface area (TPSA) is 102 Å². The van der Waals surface area contributed by atoms with Crippen LogP contribution in [0.1, 0.15) is 12.8 Å². The van der Waals surface area contributed by atoms with Crippen LogP contribution in [0.3, 0.4) is 0 Å². The van der Waals surface area contributed by atoms with Crippen LogP contribution in [0, 0.1) is 5.92 Å². The number of anilines is 1. The van der Waals surface area contributed by atoms with Gasteiger partial charge in [0.2, 0.25) is 0 Å². The van der Waals surface area contributed by atoms with Crippen molar-refractivity contribution >= 4 is 38.9 Å². The van der Waals surface area contributed by atoms with E-state index in [2.05, 4.69) is 5.32 Å². The fourth-order valence-electron chi connectivity index (χ4n) is 3.08. The molecule has 1 amide bonds. The number of benzene rings is 1. The first-order chi connectivity index (χ1) is 13.9. The van der Waals surface area contributed by atoms with Crippen LogP contribution >= 0.6 is 11.3 Å². The number of nitrogens with zero attached hydrogens (tertiary/aromatic N) is 1. The first-order valence-corrected chi connectivity index (χ1v) is 11.4. The van der Waals surface area contributed by atoms with Crippen molar-refractivity contribution in [3.05, 3.63) is 41.8 Å². The van der Waals surface area contributed by atoms with Gasteiger partial charge in [0.25, 0.3) is 15.9 Å². The number of carbonyl (C=O) groups is 2. The minimum atomic E-state index is -3.61. The lowest BCUT2D eigenvalue weighted by molar-refractivity contribution is -0.152. The molecule has 29 heavy (non-hydrogen) atoms. The molecular weight excluding hydrogens is 416 g/mol. The summed E-state index contributed by atoms with van der Waals surface area (Å²) in [6.07, 6.45) is 1.07. The molecule has 1 N–H and O–H groups in total. The molecule has 1 atom stereocenters. The lowest BCUT2D eigenvalue weighted by Gasteiger charge is -2.30. The molecule has 10 heteroatoms. The zero-order valence-corrected chi connectivity index (χ0v) is 17.5. The number of ether oxygens (including phenoxy) is 2. The highest BCUT2D eigenvalue weighted by atomic mass is 32.2. The first-order valence-electron chi connectivity index (χ1n) is 9.05. The molecule has 8 nitrogen and oxygen atoms in total. The van der Waals surface area contributed by atoms with Crippen LogP contribution in [0.2, 0.25) is 0 Å². The number of methoxy groups -OCH3 is 1. The molecule has 0 spiro atoms. The van der Waals surface area contributed by atoms with Crippen molar-refractivity contribution in [1.29, 1.82) is 0 Å². The molecule has 1 aromatic heterocycles. The Morgan fingerprint density at radius 3 is 2.76 bits per heavy atom. The summed E-state index contributed by atoms with van der Waals surface area (Å²) in [5.41, 5.74) is 0.474. The van der Waals surface area contributed by atoms with Crippen LogP contribution in [0.25, 0.3) is 0 Å². The second kappa shape index (κ2) is 9.38. The van der Waals surface area contributed by atoms with Crippen molar-refractivity contribution in [3.8, 4) is 5.75 Å². The van der Waals surface area contributed by atoms with Gasteiger partial charge in [0.1, 0.15) is 9.96 Å². The standard InChI is InChI=1S/C19H22N2O6S2/c1-26-16-8-3-2-7-15(16)20-17(22)13-27-19(23)14-6-4-10-21(12-14)29(24,25)18-9-5-11-28-18/h2-3,5,7-9,11,14H,4,6,10,12-13H2,1H3,(H,20,22). The van der Waals surface area contributed by atoms with Gasteiger partial charge >= 0.3 is 5.97 Å². The maximum absolute atomic E-state index is 12.7. The van der Waals surface area contributed by atoms with Crippen molar-refractivity contribution in [2.24, 2.45) is 5.92 Å². The summed E-state index contributed by atoms with van der Waals surface area (Å²) in [6.45, 7) is -0.0451. The molecule has 0 radical (unpaired) electrons. The Morgan fingerprint density at radius 2 is 2.03 bits per heavy atom. The van der Waals surface area contributed by atoms with Crippen molar-refractivity contribution < 1.29 is 27.5 Å². The van der Waals surface area contributed by atoms with Gasteiger partial charge in [0.05, 0.1) is 18.7 Å². The normalized spacial score (nSPS) is 17.5. The average Bonchev–Trinajstić information content (AvgIpc) is 3.28. The summed E-state index contributed by atoms with van der Waals surface area (Å²) in [4.78, 5) is 24.5. The molecule has 0 bridgehead atoms. The summed E-state index contributed by atoms with van der Waals surface area (Å²) >= 11 is 1.14. The van der Waals surface area contributed by atoms with E-state index in [1.807, 2.05) is 0 Å². The Balaban J connectivity index is 1.54. The fraction of sp³-hybridized carbons (Fsp3) is 0.368. The number of esters is 1. The maximum Gasteiger partial charge on any atom is 0.310 e. The number of hydrogen-bond acceptors (Lipinski definition) is 7. The van der Waals surface area contributed by atoms with Gasteiger partial charge < -0.3 is 14.8 Å². The highest BCUT2D eigenvalue weighted by Crippen LogP contribution is 2.27. The highest BCUT2D eigenvalue weighted by Gasteiger charge is 2.34. The molecule has 0 aliphatic carbocycles. The van der Waals surface area contributed by atoms with E-state index in [1.54, 1.807) is 41.8 Å². The highest BCUT2D eigenvalue weighted by molar-refractivity contribution is 7.91. The molecule has 2 heterocycles. The number of sulfonamides is 1. The van der Waals surface area contributed by atoms with Crippen LogP contribution < -0.4 is 10.1 Å². The second-order valence-electron chi connectivity index (χ2n) is 6.49. The van der Waals surface area contributed by atoms with Crippen molar-refractivity contribution in [1.82, 2.24) is 4.31 Å². The predicted molar refractivity (Wildman–Crippen MR) is 108 cm³/mol. The Kier molecular flexibility index (Phi) is 6.88. The van der Waals surface area contributed by atoms with E-state index in [4.69, 9.17) is 9.47 Å². The summed E-state index contributed by atoms with van der Waals surface area (Å²) in [5.74, 6) is -1.18. The number of carbonyl (C=O) groups excluding carboxylic acids is 2. The minimum Gasteiger partial charge on any atom is -0.495 e. The minimum absolute atomic E-state index is 0.0488. The SMILES string of the molecule is COc1ccccc1NC(=O)COC(=O)C1CCCN(S(=O)(=O)c2cccs2)C1. The van der Waals surface area contributed by atoms with E-state index < -0.39 is 34.4 Å². The average molecular weight is 439 g/mol. The number of rotatable bonds is 7. The van der Waals surface area contributed by atoms with Gasteiger partial charge in [-0.1, -0.05) is 18.2 Å². The summed E-state index contributed by atoms with van der Waals surface area (Å²) < 4.78 is 37.2. The monoisotopic (exact) mass is 438 g/mol. The number of nitrogens with one attached hydrogen (secondary N) is 1. The Morgan fingerprint density at radius 1 is 1.24 bits per heavy atom. The summed E-state index contributed by atoms with van der Waals surface area (Å²) in [7, 11) is -2.12. The van der Waals surface area contributed by atoms with Gasteiger partial charge in [-0.15, -0.1) is 11.3 Å². The zero-order valence-electron chi connectivity index (χ0n) is 15.9. The number of amides is 1. The van der Waals surface area contributed by atoms with Crippen molar-refractivity contribution in [3.63, 3.8) is 0 Å². The molecule has 2 aromatic rings. The van der Waals surface area contributed by atoms with E-state index >= 15 is 0 Å². The van der Waals surface area contributed by atoms with Crippen LogP contribution in [-0.2, 0) is 24.3 Å². The molecule has 1 fully saturated rings. The molecule has 1 aliphatic heterocycles. The molecule has 3 rings (SSSR count). The molecule has 0 saturated carbocycles. The predicted octanol–water partition coefficient (Wildman–Crippen LogP) is 2.34. The fourth-order valence-corrected chi connectivity index (χ4v) is 5.75. The van der Waals surface area contributed by atoms with Crippen LogP contribution in [0.15, 0.2) is 46.0 Å². The zero-order chi connectivity index (χ0) is 20.9. The lowest BCUT2D eigenvalue weighted by atomic mass is 10.00. The maximum atomic E-state index is 12.7. The molecule has 1 saturated heterocycles. The van der Waals surface area contributed by atoms with Crippen LogP contribution in [0.4, 0.5) is 5.69 Å². The number of para-hydroxylation sites is 2. The van der Waals surface area contributed by atoms with E-state index in [9.17, 15) is 18.0 Å². The van der Waals surface area contributed by atoms with Gasteiger partial charge in [0.15, 0.2) is 6.61 Å². The number of thiophene rings is 1. The molecule has 1 aliphatic rings. The summed E-state index contributed by atoms with van der Waals surface area (Å²) in [6, 6.07) is 10.1. The van der Waals surface area contributed by atoms with E-state index in [0.717, 1.165) is 11.3 Å². The Labute approximate surface area is 173 Å². The van der Waals surface area contributed by atoms with Gasteiger partial charge in [0, 0.05) is 13.1 Å². The van der Waals surface area contributed by atoms with Gasteiger partial charge in [-0.05, 0) is 36.4 Å². The van der Waals surface area contributed by atoms with E-state index in [1.165, 1.54) is 11.4 Å². The Bertz CT molecular complexity index is 959. The smallest absolute Gasteiger partial charge is 0.310 e. The van der Waals surface area contributed by atoms with E-state index in [0.29, 0.717) is 30.8 Å². The van der Waals surface area contributed by atoms with Gasteiger partial charge in [-0.3, -0.25) is 9.59 Å². The lowest BCUT2D eigenvalue weighted by Crippen LogP contribution is -2.42. The number of piperidine rings is 1. The molecule has 1 aromatic carbocycles. The third kappa shape index (κ3) is 5.14. The quantitative estimate of drug-likeness (QED) is 0.666. The van der Waals surface area contributed by atoms with Crippen LogP contribution in [0.5, 0.6) is 5.75 Å². The Hall–Kier alpha value is -2.43. The molecule has 1 unspecified atom stereocenters. The first kappa shape index (κ1) is 21.3. The van der Waals surface area contributed by atoms with Crippen LogP contribution in [-0.4, -0.2) is 51.4 Å². The van der Waals surface area contributed by atoms with Gasteiger partial charge in [-0.25, -0.2) is 8.42 Å². The van der Waals surface area contributed by atoms with Gasteiger partial charge in [-0.2, -0.15) is 4.31 Å². The second-order valence-corrected chi connectivity index (χ2v) is 9.60. The largest absolute Gasteiger partial charge is 0.495 e. The van der Waals surface area contributed by atoms with E-state index in [-0.39, 0.29) is 10.8 Å². The van der Waals surface area contributed by atoms with Crippen molar-refractivity contribution in [2.45, 2.75) is 17.1 Å². The molecular formula is C19H22N2O6S2.